The first kappa shape index (κ1) is 11.4. The van der Waals surface area contributed by atoms with Crippen LogP contribution in [0.1, 0.15) is 25.3 Å². The molecule has 0 heterocycles. The third kappa shape index (κ3) is 1.59. The zero-order valence-corrected chi connectivity index (χ0v) is 9.75. The minimum absolute atomic E-state index is 0.0640. The average Bonchev–Trinajstić information content (AvgIpc) is 2.74. The van der Waals surface area contributed by atoms with Gasteiger partial charge in [-0.1, -0.05) is 31.5 Å². The van der Waals surface area contributed by atoms with Gasteiger partial charge in [-0.2, -0.15) is 0 Å². The summed E-state index contributed by atoms with van der Waals surface area (Å²) in [4.78, 5) is 11.0. The molecule has 0 spiro atoms. The summed E-state index contributed by atoms with van der Waals surface area (Å²) in [5, 5.41) is 9.09. The second-order valence-electron chi connectivity index (χ2n) is 4.79. The summed E-state index contributed by atoms with van der Waals surface area (Å²) in [7, 11) is 0. The number of hydrogen-bond donors (Lipinski definition) is 1. The fourth-order valence-corrected chi connectivity index (χ4v) is 2.54. The Morgan fingerprint density at radius 3 is 2.56 bits per heavy atom. The number of hydrogen-bond acceptors (Lipinski definition) is 1. The quantitative estimate of drug-likeness (QED) is 0.864. The Labute approximate surface area is 98.0 Å². The highest BCUT2D eigenvalue weighted by Gasteiger charge is 2.62. The molecule has 0 aliphatic heterocycles. The van der Waals surface area contributed by atoms with E-state index in [2.05, 4.69) is 0 Å². The molecule has 1 aromatic carbocycles. The van der Waals surface area contributed by atoms with Crippen molar-refractivity contribution >= 4 is 17.6 Å². The summed E-state index contributed by atoms with van der Waals surface area (Å²) in [6.07, 6.45) is 0. The standard InChI is InChI=1S/C12H12ClFO2/c1-12(2)9(10(12)11(15)16)6-3-4-7(13)8(14)5-6/h3-5,9-10H,1-2H3,(H,15,16)/t9-,10+/m1/s1. The minimum atomic E-state index is -0.828. The molecule has 0 aromatic heterocycles. The topological polar surface area (TPSA) is 37.3 Å². The predicted molar refractivity (Wildman–Crippen MR) is 59.1 cm³/mol. The molecule has 0 bridgehead atoms. The number of aliphatic carboxylic acids is 1. The monoisotopic (exact) mass is 242 g/mol. The van der Waals surface area contributed by atoms with E-state index in [0.29, 0.717) is 5.56 Å². The van der Waals surface area contributed by atoms with Crippen LogP contribution in [0.25, 0.3) is 0 Å². The van der Waals surface area contributed by atoms with E-state index in [1.165, 1.54) is 12.1 Å². The van der Waals surface area contributed by atoms with Gasteiger partial charge in [0.25, 0.3) is 0 Å². The van der Waals surface area contributed by atoms with Gasteiger partial charge in [-0.25, -0.2) is 4.39 Å². The molecule has 1 saturated carbocycles. The van der Waals surface area contributed by atoms with Crippen LogP contribution >= 0.6 is 11.6 Å². The van der Waals surface area contributed by atoms with Gasteiger partial charge >= 0.3 is 5.97 Å². The molecule has 16 heavy (non-hydrogen) atoms. The van der Waals surface area contributed by atoms with Crippen molar-refractivity contribution in [2.75, 3.05) is 0 Å². The molecular weight excluding hydrogens is 231 g/mol. The molecule has 1 fully saturated rings. The Morgan fingerprint density at radius 1 is 1.50 bits per heavy atom. The van der Waals surface area contributed by atoms with Crippen molar-refractivity contribution in [2.24, 2.45) is 11.3 Å². The molecule has 0 radical (unpaired) electrons. The fourth-order valence-electron chi connectivity index (χ4n) is 2.43. The number of benzene rings is 1. The molecule has 4 heteroatoms. The third-order valence-corrected chi connectivity index (χ3v) is 3.70. The van der Waals surface area contributed by atoms with Gasteiger partial charge in [0.2, 0.25) is 0 Å². The highest BCUT2D eigenvalue weighted by molar-refractivity contribution is 6.30. The summed E-state index contributed by atoms with van der Waals surface area (Å²) in [6.45, 7) is 3.76. The van der Waals surface area contributed by atoms with Crippen LogP contribution in [0.4, 0.5) is 4.39 Å². The van der Waals surface area contributed by atoms with Gasteiger partial charge in [0.15, 0.2) is 0 Å². The lowest BCUT2D eigenvalue weighted by Crippen LogP contribution is -2.03. The molecule has 0 saturated heterocycles. The Kier molecular flexibility index (Phi) is 2.46. The van der Waals surface area contributed by atoms with E-state index < -0.39 is 17.7 Å². The Morgan fingerprint density at radius 2 is 2.12 bits per heavy atom. The van der Waals surface area contributed by atoms with E-state index in [1.807, 2.05) is 13.8 Å². The minimum Gasteiger partial charge on any atom is -0.481 e. The molecular formula is C12H12ClFO2. The van der Waals surface area contributed by atoms with Crippen LogP contribution in [0.3, 0.4) is 0 Å². The summed E-state index contributed by atoms with van der Waals surface area (Å²) in [5.74, 6) is -1.89. The molecule has 1 aromatic rings. The van der Waals surface area contributed by atoms with E-state index in [0.717, 1.165) is 0 Å². The molecule has 1 aliphatic carbocycles. The summed E-state index contributed by atoms with van der Waals surface area (Å²) >= 11 is 5.58. The van der Waals surface area contributed by atoms with Gasteiger partial charge in [-0.05, 0) is 23.1 Å². The van der Waals surface area contributed by atoms with Gasteiger partial charge in [-0.15, -0.1) is 0 Å². The fraction of sp³-hybridized carbons (Fsp3) is 0.417. The molecule has 1 N–H and O–H groups in total. The Hall–Kier alpha value is -1.09. The second kappa shape index (κ2) is 3.45. The molecule has 0 unspecified atom stereocenters. The molecule has 0 amide bonds. The SMILES string of the molecule is CC1(C)[C@H](C(=O)O)[C@H]1c1ccc(Cl)c(F)c1. The first-order valence-corrected chi connectivity index (χ1v) is 5.41. The molecule has 86 valence electrons. The normalized spacial score (nSPS) is 26.5. The van der Waals surface area contributed by atoms with E-state index in [9.17, 15) is 9.18 Å². The van der Waals surface area contributed by atoms with E-state index in [1.54, 1.807) is 6.07 Å². The highest BCUT2D eigenvalue weighted by atomic mass is 35.5. The lowest BCUT2D eigenvalue weighted by molar-refractivity contribution is -0.139. The number of rotatable bonds is 2. The van der Waals surface area contributed by atoms with Crippen LogP contribution in [0.2, 0.25) is 5.02 Å². The highest BCUT2D eigenvalue weighted by Crippen LogP contribution is 2.64. The van der Waals surface area contributed by atoms with E-state index in [-0.39, 0.29) is 16.4 Å². The maximum Gasteiger partial charge on any atom is 0.307 e. The van der Waals surface area contributed by atoms with Crippen molar-refractivity contribution in [3.63, 3.8) is 0 Å². The van der Waals surface area contributed by atoms with Gasteiger partial charge in [0.05, 0.1) is 10.9 Å². The maximum atomic E-state index is 13.3. The molecule has 2 nitrogen and oxygen atoms in total. The number of carboxylic acids is 1. The first-order valence-electron chi connectivity index (χ1n) is 5.03. The van der Waals surface area contributed by atoms with E-state index in [4.69, 9.17) is 16.7 Å². The van der Waals surface area contributed by atoms with Crippen molar-refractivity contribution in [2.45, 2.75) is 19.8 Å². The number of carboxylic acid groups (broad SMARTS) is 1. The third-order valence-electron chi connectivity index (χ3n) is 3.40. The average molecular weight is 243 g/mol. The van der Waals surface area contributed by atoms with Crippen LogP contribution in [0, 0.1) is 17.2 Å². The lowest BCUT2D eigenvalue weighted by atomic mass is 10.0. The Balaban J connectivity index is 2.33. The van der Waals surface area contributed by atoms with Crippen molar-refractivity contribution in [3.05, 3.63) is 34.6 Å². The van der Waals surface area contributed by atoms with Crippen molar-refractivity contribution in [1.82, 2.24) is 0 Å². The van der Waals surface area contributed by atoms with Crippen molar-refractivity contribution < 1.29 is 14.3 Å². The van der Waals surface area contributed by atoms with Crippen LogP contribution in [0.15, 0.2) is 18.2 Å². The van der Waals surface area contributed by atoms with Crippen LogP contribution in [0.5, 0.6) is 0 Å². The van der Waals surface area contributed by atoms with Gasteiger partial charge in [0, 0.05) is 5.92 Å². The number of halogens is 2. The zero-order chi connectivity index (χ0) is 12.1. The van der Waals surface area contributed by atoms with Crippen molar-refractivity contribution in [1.29, 1.82) is 0 Å². The van der Waals surface area contributed by atoms with Crippen LogP contribution in [-0.2, 0) is 4.79 Å². The smallest absolute Gasteiger partial charge is 0.307 e. The lowest BCUT2D eigenvalue weighted by Gasteiger charge is -2.03. The summed E-state index contributed by atoms with van der Waals surface area (Å²) in [6, 6.07) is 4.50. The van der Waals surface area contributed by atoms with Crippen LogP contribution < -0.4 is 0 Å². The van der Waals surface area contributed by atoms with Gasteiger partial charge in [-0.3, -0.25) is 4.79 Å². The van der Waals surface area contributed by atoms with Gasteiger partial charge < -0.3 is 5.11 Å². The molecule has 2 atom stereocenters. The van der Waals surface area contributed by atoms with Gasteiger partial charge in [0.1, 0.15) is 5.82 Å². The maximum absolute atomic E-state index is 13.3. The summed E-state index contributed by atoms with van der Waals surface area (Å²) in [5.41, 5.74) is 0.394. The molecule has 1 aliphatic rings. The van der Waals surface area contributed by atoms with E-state index >= 15 is 0 Å². The first-order chi connectivity index (χ1) is 7.35. The molecule has 2 rings (SSSR count). The second-order valence-corrected chi connectivity index (χ2v) is 5.20. The predicted octanol–water partition coefficient (Wildman–Crippen LogP) is 3.30. The largest absolute Gasteiger partial charge is 0.481 e. The summed E-state index contributed by atoms with van der Waals surface area (Å²) < 4.78 is 13.3. The number of carbonyl (C=O) groups is 1. The van der Waals surface area contributed by atoms with Crippen LogP contribution in [-0.4, -0.2) is 11.1 Å². The van der Waals surface area contributed by atoms with Crippen molar-refractivity contribution in [3.8, 4) is 0 Å². The Bertz CT molecular complexity index is 456. The zero-order valence-electron chi connectivity index (χ0n) is 9.00.